The lowest BCUT2D eigenvalue weighted by Crippen LogP contribution is -2.01. The van der Waals surface area contributed by atoms with Crippen molar-refractivity contribution in [3.05, 3.63) is 69.7 Å². The summed E-state index contributed by atoms with van der Waals surface area (Å²) in [6.45, 7) is 0. The number of methoxy groups -OCH3 is 1. The van der Waals surface area contributed by atoms with Crippen LogP contribution in [0.2, 0.25) is 0 Å². The second-order valence-electron chi connectivity index (χ2n) is 5.18. The molecule has 0 aliphatic carbocycles. The minimum absolute atomic E-state index is 0.342. The van der Waals surface area contributed by atoms with Gasteiger partial charge in [-0.1, -0.05) is 42.2 Å². The Kier molecular flexibility index (Phi) is 6.90. The Bertz CT molecular complexity index is 711. The number of ether oxygens (including phenoxy) is 1. The van der Waals surface area contributed by atoms with Gasteiger partial charge in [-0.2, -0.15) is 0 Å². The van der Waals surface area contributed by atoms with Crippen LogP contribution < -0.4 is 0 Å². The molecule has 0 heterocycles. The average Bonchev–Trinajstić information content (AvgIpc) is 2.59. The number of hydrogen-bond acceptors (Lipinski definition) is 2. The van der Waals surface area contributed by atoms with Crippen LogP contribution in [0.25, 0.3) is 0 Å². The normalized spacial score (nSPS) is 9.83. The maximum Gasteiger partial charge on any atom is 0.337 e. The van der Waals surface area contributed by atoms with Crippen molar-refractivity contribution >= 4 is 21.9 Å². The number of aryl methyl sites for hydroxylation is 1. The van der Waals surface area contributed by atoms with E-state index < -0.39 is 0 Å². The van der Waals surface area contributed by atoms with E-state index in [0.717, 1.165) is 35.7 Å². The third-order valence-electron chi connectivity index (χ3n) is 3.47. The first-order valence-corrected chi connectivity index (χ1v) is 8.40. The molecule has 0 amide bonds. The third kappa shape index (κ3) is 5.58. The van der Waals surface area contributed by atoms with Gasteiger partial charge in [0.25, 0.3) is 0 Å². The zero-order valence-electron chi connectivity index (χ0n) is 13.1. The Balaban J connectivity index is 1.81. The van der Waals surface area contributed by atoms with E-state index in [9.17, 15) is 4.79 Å². The van der Waals surface area contributed by atoms with E-state index in [4.69, 9.17) is 4.74 Å². The van der Waals surface area contributed by atoms with Gasteiger partial charge in [0.1, 0.15) is 0 Å². The second-order valence-corrected chi connectivity index (χ2v) is 6.04. The Morgan fingerprint density at radius 1 is 1.13 bits per heavy atom. The Morgan fingerprint density at radius 2 is 1.91 bits per heavy atom. The molecule has 0 saturated carbocycles. The van der Waals surface area contributed by atoms with Crippen molar-refractivity contribution in [1.82, 2.24) is 0 Å². The van der Waals surface area contributed by atoms with E-state index in [1.165, 1.54) is 12.7 Å². The first-order valence-electron chi connectivity index (χ1n) is 7.61. The number of benzene rings is 2. The average molecular weight is 371 g/mol. The molecule has 118 valence electrons. The van der Waals surface area contributed by atoms with Gasteiger partial charge in [-0.05, 0) is 59.0 Å². The Morgan fingerprint density at radius 3 is 2.61 bits per heavy atom. The molecule has 0 spiro atoms. The molecular weight excluding hydrogens is 352 g/mol. The van der Waals surface area contributed by atoms with Gasteiger partial charge in [0.2, 0.25) is 0 Å². The van der Waals surface area contributed by atoms with Crippen LogP contribution >= 0.6 is 15.9 Å². The van der Waals surface area contributed by atoms with Gasteiger partial charge in [-0.3, -0.25) is 0 Å². The third-order valence-corrected chi connectivity index (χ3v) is 4.13. The molecule has 0 fully saturated rings. The van der Waals surface area contributed by atoms with Gasteiger partial charge >= 0.3 is 5.97 Å². The molecule has 23 heavy (non-hydrogen) atoms. The number of carbonyl (C=O) groups excluding carboxylic acids is 1. The van der Waals surface area contributed by atoms with Crippen LogP contribution in [0.15, 0.2) is 53.0 Å². The first kappa shape index (κ1) is 17.3. The lowest BCUT2D eigenvalue weighted by atomic mass is 10.1. The van der Waals surface area contributed by atoms with E-state index in [-0.39, 0.29) is 5.97 Å². The van der Waals surface area contributed by atoms with Gasteiger partial charge in [-0.25, -0.2) is 4.79 Å². The highest BCUT2D eigenvalue weighted by molar-refractivity contribution is 9.10. The fraction of sp³-hybridized carbons (Fsp3) is 0.250. The summed E-state index contributed by atoms with van der Waals surface area (Å²) in [7, 11) is 1.37. The fourth-order valence-electron chi connectivity index (χ4n) is 2.21. The summed E-state index contributed by atoms with van der Waals surface area (Å²) in [5, 5.41) is 0. The molecule has 0 saturated heterocycles. The van der Waals surface area contributed by atoms with Crippen LogP contribution in [0.4, 0.5) is 0 Å². The molecule has 0 radical (unpaired) electrons. The highest BCUT2D eigenvalue weighted by Gasteiger charge is 2.06. The molecule has 2 aromatic rings. The minimum Gasteiger partial charge on any atom is -0.465 e. The van der Waals surface area contributed by atoms with Crippen molar-refractivity contribution in [2.24, 2.45) is 0 Å². The van der Waals surface area contributed by atoms with Gasteiger partial charge in [0.15, 0.2) is 0 Å². The second kappa shape index (κ2) is 9.17. The largest absolute Gasteiger partial charge is 0.465 e. The van der Waals surface area contributed by atoms with Crippen LogP contribution in [-0.2, 0) is 11.2 Å². The number of halogens is 1. The van der Waals surface area contributed by atoms with Crippen LogP contribution in [0.5, 0.6) is 0 Å². The molecule has 0 aromatic heterocycles. The summed E-state index contributed by atoms with van der Waals surface area (Å²) in [5.41, 5.74) is 2.79. The molecule has 0 N–H and O–H groups in total. The zero-order valence-corrected chi connectivity index (χ0v) is 14.7. The first-order chi connectivity index (χ1) is 11.2. The van der Waals surface area contributed by atoms with Crippen molar-refractivity contribution in [2.75, 3.05) is 7.11 Å². The van der Waals surface area contributed by atoms with Crippen molar-refractivity contribution in [3.63, 3.8) is 0 Å². The Hall–Kier alpha value is -2.05. The number of carbonyl (C=O) groups is 1. The lowest BCUT2D eigenvalue weighted by Gasteiger charge is -2.01. The molecule has 2 aromatic carbocycles. The van der Waals surface area contributed by atoms with Crippen molar-refractivity contribution in [2.45, 2.75) is 25.7 Å². The van der Waals surface area contributed by atoms with Crippen LogP contribution in [0, 0.1) is 11.8 Å². The summed E-state index contributed by atoms with van der Waals surface area (Å²) in [6.07, 6.45) is 4.19. The number of unbranched alkanes of at least 4 members (excludes halogenated alkanes) is 2. The molecule has 0 bridgehead atoms. The van der Waals surface area contributed by atoms with E-state index >= 15 is 0 Å². The quantitative estimate of drug-likeness (QED) is 0.420. The van der Waals surface area contributed by atoms with E-state index in [0.29, 0.717) is 5.56 Å². The predicted molar refractivity (Wildman–Crippen MR) is 96.4 cm³/mol. The highest BCUT2D eigenvalue weighted by Crippen LogP contribution is 2.18. The van der Waals surface area contributed by atoms with Crippen molar-refractivity contribution < 1.29 is 9.53 Å². The summed E-state index contributed by atoms with van der Waals surface area (Å²) in [4.78, 5) is 11.4. The summed E-state index contributed by atoms with van der Waals surface area (Å²) < 4.78 is 5.51. The molecule has 2 nitrogen and oxygen atoms in total. The van der Waals surface area contributed by atoms with E-state index in [1.807, 2.05) is 12.1 Å². The van der Waals surface area contributed by atoms with Crippen LogP contribution in [0.3, 0.4) is 0 Å². The molecule has 0 aliphatic rings. The monoisotopic (exact) mass is 370 g/mol. The van der Waals surface area contributed by atoms with Crippen molar-refractivity contribution in [3.8, 4) is 11.8 Å². The SMILES string of the molecule is COC(=O)c1ccc(C#CCCCCc2ccccc2)c(Br)c1. The fourth-order valence-corrected chi connectivity index (χ4v) is 2.68. The Labute approximate surface area is 146 Å². The van der Waals surface area contributed by atoms with Crippen molar-refractivity contribution in [1.29, 1.82) is 0 Å². The summed E-state index contributed by atoms with van der Waals surface area (Å²) in [5.74, 6) is 6.00. The van der Waals surface area contributed by atoms with Gasteiger partial charge in [0.05, 0.1) is 12.7 Å². The smallest absolute Gasteiger partial charge is 0.337 e. The minimum atomic E-state index is -0.342. The maximum atomic E-state index is 11.4. The van der Waals surface area contributed by atoms with Crippen LogP contribution in [-0.4, -0.2) is 13.1 Å². The predicted octanol–water partition coefficient (Wildman–Crippen LogP) is 5.00. The maximum absolute atomic E-state index is 11.4. The number of hydrogen-bond donors (Lipinski definition) is 0. The number of esters is 1. The summed E-state index contributed by atoms with van der Waals surface area (Å²) >= 11 is 3.45. The summed E-state index contributed by atoms with van der Waals surface area (Å²) in [6, 6.07) is 15.8. The standard InChI is InChI=1S/C20H19BrO2/c1-23-20(22)18-14-13-17(19(21)15-18)12-8-3-2-5-9-16-10-6-4-7-11-16/h4,6-7,10-11,13-15H,2-3,5,9H2,1H3. The molecular formula is C20H19BrO2. The van der Waals surface area contributed by atoms with E-state index in [1.54, 1.807) is 12.1 Å². The number of rotatable bonds is 5. The zero-order chi connectivity index (χ0) is 16.5. The van der Waals surface area contributed by atoms with Gasteiger partial charge in [-0.15, -0.1) is 0 Å². The molecule has 3 heteroatoms. The molecule has 2 rings (SSSR count). The van der Waals surface area contributed by atoms with Gasteiger partial charge < -0.3 is 4.74 Å². The molecule has 0 unspecified atom stereocenters. The van der Waals surface area contributed by atoms with Gasteiger partial charge in [0, 0.05) is 16.5 Å². The highest BCUT2D eigenvalue weighted by atomic mass is 79.9. The topological polar surface area (TPSA) is 26.3 Å². The van der Waals surface area contributed by atoms with E-state index in [2.05, 4.69) is 52.0 Å². The lowest BCUT2D eigenvalue weighted by molar-refractivity contribution is 0.0600. The molecule has 0 atom stereocenters. The molecule has 0 aliphatic heterocycles. The van der Waals surface area contributed by atoms with Crippen LogP contribution in [0.1, 0.15) is 40.7 Å².